The standard InChI is InChI=1S/C10H20N4O/c1-6(2)8(15)5-12-10-9(11)7(3)13-14(10)4/h6,8,12,15H,5,11H2,1-4H3. The maximum Gasteiger partial charge on any atom is 0.147 e. The van der Waals surface area contributed by atoms with Crippen molar-refractivity contribution in [3.63, 3.8) is 0 Å². The van der Waals surface area contributed by atoms with Crippen LogP contribution in [0.15, 0.2) is 0 Å². The van der Waals surface area contributed by atoms with Crippen LogP contribution in [0.2, 0.25) is 0 Å². The van der Waals surface area contributed by atoms with Crippen LogP contribution < -0.4 is 11.1 Å². The summed E-state index contributed by atoms with van der Waals surface area (Å²) in [5.74, 6) is 1.00. The fourth-order valence-electron chi connectivity index (χ4n) is 1.32. The van der Waals surface area contributed by atoms with Gasteiger partial charge in [0.15, 0.2) is 0 Å². The summed E-state index contributed by atoms with van der Waals surface area (Å²) in [6, 6.07) is 0. The average molecular weight is 212 g/mol. The van der Waals surface area contributed by atoms with Crippen molar-refractivity contribution in [1.29, 1.82) is 0 Å². The average Bonchev–Trinajstić information content (AvgIpc) is 2.38. The molecule has 0 aliphatic heterocycles. The molecule has 0 saturated heterocycles. The smallest absolute Gasteiger partial charge is 0.147 e. The lowest BCUT2D eigenvalue weighted by Gasteiger charge is -2.16. The summed E-state index contributed by atoms with van der Waals surface area (Å²) in [7, 11) is 1.83. The summed E-state index contributed by atoms with van der Waals surface area (Å²) in [5, 5.41) is 16.9. The van der Waals surface area contributed by atoms with E-state index < -0.39 is 0 Å². The second-order valence-corrected chi connectivity index (χ2v) is 4.16. The molecule has 15 heavy (non-hydrogen) atoms. The van der Waals surface area contributed by atoms with E-state index in [1.165, 1.54) is 0 Å². The number of rotatable bonds is 4. The van der Waals surface area contributed by atoms with E-state index >= 15 is 0 Å². The Bertz CT molecular complexity index is 332. The number of hydrogen-bond acceptors (Lipinski definition) is 4. The van der Waals surface area contributed by atoms with Crippen molar-refractivity contribution in [3.8, 4) is 0 Å². The molecule has 4 N–H and O–H groups in total. The van der Waals surface area contributed by atoms with Gasteiger partial charge < -0.3 is 16.2 Å². The third-order valence-corrected chi connectivity index (χ3v) is 2.52. The molecule has 0 bridgehead atoms. The van der Waals surface area contributed by atoms with Crippen molar-refractivity contribution in [3.05, 3.63) is 5.69 Å². The molecule has 1 unspecified atom stereocenters. The highest BCUT2D eigenvalue weighted by molar-refractivity contribution is 5.64. The second-order valence-electron chi connectivity index (χ2n) is 4.16. The molecule has 0 fully saturated rings. The number of anilines is 2. The molecular formula is C10H20N4O. The topological polar surface area (TPSA) is 76.1 Å². The number of aryl methyl sites for hydroxylation is 2. The molecule has 0 amide bonds. The zero-order chi connectivity index (χ0) is 11.6. The number of nitrogen functional groups attached to an aromatic ring is 1. The largest absolute Gasteiger partial charge is 0.394 e. The predicted octanol–water partition coefficient (Wildman–Crippen LogP) is 0.740. The minimum atomic E-state index is -0.375. The first-order chi connectivity index (χ1) is 6.93. The lowest BCUT2D eigenvalue weighted by atomic mass is 10.1. The molecule has 0 aliphatic rings. The Balaban J connectivity index is 2.65. The highest BCUT2D eigenvalue weighted by Gasteiger charge is 2.13. The molecule has 5 nitrogen and oxygen atoms in total. The lowest BCUT2D eigenvalue weighted by molar-refractivity contribution is 0.138. The molecule has 1 heterocycles. The van der Waals surface area contributed by atoms with E-state index in [1.54, 1.807) is 4.68 Å². The normalized spacial score (nSPS) is 13.2. The number of aromatic nitrogens is 2. The Morgan fingerprint density at radius 3 is 2.53 bits per heavy atom. The summed E-state index contributed by atoms with van der Waals surface area (Å²) in [6.45, 7) is 6.30. The number of nitrogens with two attached hydrogens (primary N) is 1. The first kappa shape index (κ1) is 11.8. The van der Waals surface area contributed by atoms with Crippen LogP contribution in [-0.2, 0) is 7.05 Å². The Hall–Kier alpha value is -1.23. The van der Waals surface area contributed by atoms with Gasteiger partial charge in [0.05, 0.1) is 17.5 Å². The first-order valence-electron chi connectivity index (χ1n) is 5.14. The zero-order valence-corrected chi connectivity index (χ0v) is 9.78. The van der Waals surface area contributed by atoms with Crippen LogP contribution >= 0.6 is 0 Å². The Labute approximate surface area is 90.3 Å². The monoisotopic (exact) mass is 212 g/mol. The number of nitrogens with one attached hydrogen (secondary N) is 1. The van der Waals surface area contributed by atoms with Gasteiger partial charge in [0.25, 0.3) is 0 Å². The molecule has 0 aliphatic carbocycles. The number of aliphatic hydroxyl groups excluding tert-OH is 1. The van der Waals surface area contributed by atoms with E-state index in [0.29, 0.717) is 12.2 Å². The molecular weight excluding hydrogens is 192 g/mol. The van der Waals surface area contributed by atoms with Gasteiger partial charge in [-0.3, -0.25) is 4.68 Å². The van der Waals surface area contributed by atoms with Crippen molar-refractivity contribution >= 4 is 11.5 Å². The molecule has 1 aromatic heterocycles. The molecule has 1 rings (SSSR count). The van der Waals surface area contributed by atoms with Crippen molar-refractivity contribution in [2.45, 2.75) is 26.9 Å². The number of hydrogen-bond donors (Lipinski definition) is 3. The molecule has 0 radical (unpaired) electrons. The van der Waals surface area contributed by atoms with Gasteiger partial charge in [-0.1, -0.05) is 13.8 Å². The van der Waals surface area contributed by atoms with E-state index in [2.05, 4.69) is 10.4 Å². The van der Waals surface area contributed by atoms with E-state index in [1.807, 2.05) is 27.8 Å². The third kappa shape index (κ3) is 2.62. The summed E-state index contributed by atoms with van der Waals surface area (Å²) in [6.07, 6.45) is -0.375. The van der Waals surface area contributed by atoms with Gasteiger partial charge in [-0.15, -0.1) is 0 Å². The van der Waals surface area contributed by atoms with Gasteiger partial charge >= 0.3 is 0 Å². The van der Waals surface area contributed by atoms with Crippen molar-refractivity contribution in [2.24, 2.45) is 13.0 Å². The van der Waals surface area contributed by atoms with Crippen LogP contribution in [0, 0.1) is 12.8 Å². The van der Waals surface area contributed by atoms with Gasteiger partial charge in [-0.2, -0.15) is 5.10 Å². The molecule has 1 atom stereocenters. The van der Waals surface area contributed by atoms with E-state index in [4.69, 9.17) is 5.73 Å². The van der Waals surface area contributed by atoms with Crippen molar-refractivity contribution in [1.82, 2.24) is 9.78 Å². The van der Waals surface area contributed by atoms with Gasteiger partial charge in [0.2, 0.25) is 0 Å². The predicted molar refractivity (Wildman–Crippen MR) is 61.7 cm³/mol. The van der Waals surface area contributed by atoms with Gasteiger partial charge in [0, 0.05) is 13.6 Å². The maximum atomic E-state index is 9.64. The number of nitrogens with zero attached hydrogens (tertiary/aromatic N) is 2. The lowest BCUT2D eigenvalue weighted by Crippen LogP contribution is -2.25. The highest BCUT2D eigenvalue weighted by atomic mass is 16.3. The summed E-state index contributed by atoms with van der Waals surface area (Å²) in [4.78, 5) is 0. The van der Waals surface area contributed by atoms with Crippen LogP contribution in [0.25, 0.3) is 0 Å². The van der Waals surface area contributed by atoms with Gasteiger partial charge in [-0.05, 0) is 12.8 Å². The summed E-state index contributed by atoms with van der Waals surface area (Å²) in [5.41, 5.74) is 7.29. The molecule has 0 spiro atoms. The first-order valence-corrected chi connectivity index (χ1v) is 5.14. The third-order valence-electron chi connectivity index (χ3n) is 2.52. The minimum absolute atomic E-state index is 0.230. The SMILES string of the molecule is Cc1nn(C)c(NCC(O)C(C)C)c1N. The molecule has 0 aromatic carbocycles. The van der Waals surface area contributed by atoms with Crippen LogP contribution in [0.1, 0.15) is 19.5 Å². The van der Waals surface area contributed by atoms with Crippen LogP contribution in [0.3, 0.4) is 0 Å². The minimum Gasteiger partial charge on any atom is -0.394 e. The quantitative estimate of drug-likeness (QED) is 0.688. The zero-order valence-electron chi connectivity index (χ0n) is 9.78. The maximum absolute atomic E-state index is 9.64. The van der Waals surface area contributed by atoms with Crippen LogP contribution in [-0.4, -0.2) is 27.5 Å². The Morgan fingerprint density at radius 2 is 2.13 bits per heavy atom. The van der Waals surface area contributed by atoms with E-state index in [0.717, 1.165) is 11.5 Å². The molecule has 1 aromatic rings. The van der Waals surface area contributed by atoms with Gasteiger partial charge in [-0.25, -0.2) is 0 Å². The summed E-state index contributed by atoms with van der Waals surface area (Å²) >= 11 is 0. The second kappa shape index (κ2) is 4.53. The Kier molecular flexibility index (Phi) is 3.57. The molecule has 5 heteroatoms. The fourth-order valence-corrected chi connectivity index (χ4v) is 1.32. The van der Waals surface area contributed by atoms with Gasteiger partial charge in [0.1, 0.15) is 5.82 Å². The van der Waals surface area contributed by atoms with E-state index in [-0.39, 0.29) is 12.0 Å². The van der Waals surface area contributed by atoms with Crippen LogP contribution in [0.4, 0.5) is 11.5 Å². The van der Waals surface area contributed by atoms with Crippen molar-refractivity contribution in [2.75, 3.05) is 17.6 Å². The fraction of sp³-hybridized carbons (Fsp3) is 0.700. The molecule has 86 valence electrons. The highest BCUT2D eigenvalue weighted by Crippen LogP contribution is 2.20. The van der Waals surface area contributed by atoms with E-state index in [9.17, 15) is 5.11 Å². The van der Waals surface area contributed by atoms with Crippen LogP contribution in [0.5, 0.6) is 0 Å². The summed E-state index contributed by atoms with van der Waals surface area (Å²) < 4.78 is 1.69. The Morgan fingerprint density at radius 1 is 1.53 bits per heavy atom. The number of aliphatic hydroxyl groups is 1. The molecule has 0 saturated carbocycles. The van der Waals surface area contributed by atoms with Crippen molar-refractivity contribution < 1.29 is 5.11 Å².